The zero-order valence-corrected chi connectivity index (χ0v) is 10.7. The van der Waals surface area contributed by atoms with Crippen LogP contribution in [0.3, 0.4) is 0 Å². The first-order valence-electron chi connectivity index (χ1n) is 5.37. The number of rotatable bonds is 5. The van der Waals surface area contributed by atoms with Crippen molar-refractivity contribution in [3.05, 3.63) is 35.1 Å². The van der Waals surface area contributed by atoms with E-state index in [2.05, 4.69) is 5.32 Å². The van der Waals surface area contributed by atoms with Crippen LogP contribution in [0.15, 0.2) is 18.2 Å². The highest BCUT2D eigenvalue weighted by molar-refractivity contribution is 7.84. The lowest BCUT2D eigenvalue weighted by molar-refractivity contribution is -0.118. The number of carbonyl (C=O) groups excluding carboxylic acids is 1. The molecule has 1 rings (SSSR count). The van der Waals surface area contributed by atoms with Crippen LogP contribution in [0.2, 0.25) is 0 Å². The van der Waals surface area contributed by atoms with Crippen LogP contribution in [0, 0.1) is 17.1 Å². The van der Waals surface area contributed by atoms with Gasteiger partial charge in [-0.15, -0.1) is 0 Å². The van der Waals surface area contributed by atoms with Crippen molar-refractivity contribution in [2.75, 3.05) is 12.3 Å². The van der Waals surface area contributed by atoms with E-state index in [1.165, 1.54) is 12.1 Å². The Morgan fingerprint density at radius 1 is 1.56 bits per heavy atom. The molecule has 0 aromatic heterocycles. The normalized spacial score (nSPS) is 11.6. The first-order chi connectivity index (χ1) is 8.56. The molecule has 6 heteroatoms. The van der Waals surface area contributed by atoms with E-state index in [4.69, 9.17) is 5.26 Å². The van der Waals surface area contributed by atoms with Gasteiger partial charge in [-0.25, -0.2) is 4.39 Å². The third-order valence-corrected chi connectivity index (χ3v) is 3.38. The molecule has 1 N–H and O–H groups in total. The topological polar surface area (TPSA) is 70.0 Å². The Balaban J connectivity index is 2.65. The van der Waals surface area contributed by atoms with Crippen molar-refractivity contribution >= 4 is 16.7 Å². The molecule has 4 nitrogen and oxygen atoms in total. The lowest BCUT2D eigenvalue weighted by Gasteiger charge is -2.04. The van der Waals surface area contributed by atoms with Crippen LogP contribution in [-0.2, 0) is 21.3 Å². The van der Waals surface area contributed by atoms with Crippen molar-refractivity contribution < 1.29 is 13.4 Å². The summed E-state index contributed by atoms with van der Waals surface area (Å²) in [5.41, 5.74) is 0.461. The number of nitrogens with one attached hydrogen (secondary N) is 1. The Morgan fingerprint density at radius 2 is 2.28 bits per heavy atom. The minimum Gasteiger partial charge on any atom is -0.356 e. The smallest absolute Gasteiger partial charge is 0.232 e. The molecule has 0 saturated carbocycles. The van der Waals surface area contributed by atoms with E-state index in [1.54, 1.807) is 6.92 Å². The van der Waals surface area contributed by atoms with Gasteiger partial charge < -0.3 is 5.32 Å². The highest BCUT2D eigenvalue weighted by Gasteiger charge is 2.11. The van der Waals surface area contributed by atoms with E-state index in [0.717, 1.165) is 6.07 Å². The summed E-state index contributed by atoms with van der Waals surface area (Å²) >= 11 is 0. The van der Waals surface area contributed by atoms with Crippen molar-refractivity contribution in [3.63, 3.8) is 0 Å². The van der Waals surface area contributed by atoms with Crippen LogP contribution in [-0.4, -0.2) is 22.4 Å². The van der Waals surface area contributed by atoms with Crippen LogP contribution in [0.5, 0.6) is 0 Å². The van der Waals surface area contributed by atoms with Crippen molar-refractivity contribution in [3.8, 4) is 6.07 Å². The van der Waals surface area contributed by atoms with Crippen LogP contribution >= 0.6 is 0 Å². The molecule has 0 bridgehead atoms. The van der Waals surface area contributed by atoms with Gasteiger partial charge in [0.1, 0.15) is 11.6 Å². The lowest BCUT2D eigenvalue weighted by Crippen LogP contribution is -2.28. The van der Waals surface area contributed by atoms with E-state index < -0.39 is 16.6 Å². The predicted molar refractivity (Wildman–Crippen MR) is 66.5 cm³/mol. The zero-order valence-electron chi connectivity index (χ0n) is 9.90. The Morgan fingerprint density at radius 3 is 2.83 bits per heavy atom. The molecule has 1 aromatic rings. The number of halogens is 1. The molecular formula is C12H13FN2O2S. The second-order valence-electron chi connectivity index (χ2n) is 3.60. The standard InChI is InChI=1S/C12H13FN2O2S/c1-2-15-12(16)8-18(17)7-10-4-3-9(6-14)5-11(10)13/h3-5H,2,7-8H2,1H3,(H,15,16). The molecule has 96 valence electrons. The molecule has 1 amide bonds. The first kappa shape index (κ1) is 14.3. The molecule has 0 aliphatic heterocycles. The lowest BCUT2D eigenvalue weighted by atomic mass is 10.1. The summed E-state index contributed by atoms with van der Waals surface area (Å²) in [7, 11) is -1.46. The number of nitrogens with zero attached hydrogens (tertiary/aromatic N) is 1. The molecule has 1 unspecified atom stereocenters. The Kier molecular flexibility index (Phi) is 5.46. The van der Waals surface area contributed by atoms with E-state index in [1.807, 2.05) is 6.07 Å². The molecule has 0 fully saturated rings. The maximum atomic E-state index is 13.5. The maximum Gasteiger partial charge on any atom is 0.232 e. The van der Waals surface area contributed by atoms with Gasteiger partial charge in [0.2, 0.25) is 5.91 Å². The number of amides is 1. The summed E-state index contributed by atoms with van der Waals surface area (Å²) in [6.07, 6.45) is 0. The second kappa shape index (κ2) is 6.87. The number of hydrogen-bond donors (Lipinski definition) is 1. The number of hydrogen-bond acceptors (Lipinski definition) is 3. The number of benzene rings is 1. The van der Waals surface area contributed by atoms with Gasteiger partial charge >= 0.3 is 0 Å². The Labute approximate surface area is 107 Å². The molecule has 0 aliphatic rings. The van der Waals surface area contributed by atoms with Gasteiger partial charge in [-0.2, -0.15) is 5.26 Å². The fourth-order valence-corrected chi connectivity index (χ4v) is 2.43. The summed E-state index contributed by atoms with van der Waals surface area (Å²) < 4.78 is 25.1. The van der Waals surface area contributed by atoms with Gasteiger partial charge in [-0.3, -0.25) is 9.00 Å². The monoisotopic (exact) mass is 268 g/mol. The van der Waals surface area contributed by atoms with E-state index >= 15 is 0 Å². The number of nitriles is 1. The molecule has 1 aromatic carbocycles. The quantitative estimate of drug-likeness (QED) is 0.868. The second-order valence-corrected chi connectivity index (χ2v) is 5.06. The third kappa shape index (κ3) is 4.26. The molecule has 18 heavy (non-hydrogen) atoms. The van der Waals surface area contributed by atoms with Gasteiger partial charge in [0.15, 0.2) is 0 Å². The summed E-state index contributed by atoms with van der Waals surface area (Å²) in [5.74, 6) is -1.06. The Hall–Kier alpha value is -1.74. The summed E-state index contributed by atoms with van der Waals surface area (Å²) in [6.45, 7) is 2.24. The maximum absolute atomic E-state index is 13.5. The third-order valence-electron chi connectivity index (χ3n) is 2.16. The summed E-state index contributed by atoms with van der Waals surface area (Å²) in [5, 5.41) is 11.1. The van der Waals surface area contributed by atoms with Crippen molar-refractivity contribution in [2.24, 2.45) is 0 Å². The van der Waals surface area contributed by atoms with Gasteiger partial charge in [0.05, 0.1) is 17.4 Å². The molecule has 0 radical (unpaired) electrons. The van der Waals surface area contributed by atoms with Crippen LogP contribution in [0.25, 0.3) is 0 Å². The van der Waals surface area contributed by atoms with Crippen molar-refractivity contribution in [1.29, 1.82) is 5.26 Å². The van der Waals surface area contributed by atoms with Crippen LogP contribution in [0.1, 0.15) is 18.1 Å². The van der Waals surface area contributed by atoms with Gasteiger partial charge in [0.25, 0.3) is 0 Å². The average molecular weight is 268 g/mol. The summed E-state index contributed by atoms with van der Waals surface area (Å²) in [4.78, 5) is 11.2. The Bertz CT molecular complexity index is 511. The summed E-state index contributed by atoms with van der Waals surface area (Å²) in [6, 6.07) is 5.79. The molecule has 0 aliphatic carbocycles. The molecule has 0 heterocycles. The van der Waals surface area contributed by atoms with Gasteiger partial charge in [0, 0.05) is 22.9 Å². The SMILES string of the molecule is CCNC(=O)CS(=O)Cc1ccc(C#N)cc1F. The fraction of sp³-hybridized carbons (Fsp3) is 0.333. The molecule has 1 atom stereocenters. The zero-order chi connectivity index (χ0) is 13.5. The van der Waals surface area contributed by atoms with E-state index in [0.29, 0.717) is 6.54 Å². The van der Waals surface area contributed by atoms with E-state index in [-0.39, 0.29) is 28.5 Å². The molecular weight excluding hydrogens is 255 g/mol. The van der Waals surface area contributed by atoms with Crippen molar-refractivity contribution in [2.45, 2.75) is 12.7 Å². The average Bonchev–Trinajstić information content (AvgIpc) is 2.31. The van der Waals surface area contributed by atoms with Gasteiger partial charge in [-0.1, -0.05) is 6.07 Å². The molecule has 0 saturated heterocycles. The molecule has 0 spiro atoms. The highest BCUT2D eigenvalue weighted by atomic mass is 32.2. The number of carbonyl (C=O) groups is 1. The predicted octanol–water partition coefficient (Wildman–Crippen LogP) is 1.08. The largest absolute Gasteiger partial charge is 0.356 e. The minimum absolute atomic E-state index is 0.0331. The first-order valence-corrected chi connectivity index (χ1v) is 6.85. The van der Waals surface area contributed by atoms with Crippen LogP contribution < -0.4 is 5.32 Å². The minimum atomic E-state index is -1.46. The van der Waals surface area contributed by atoms with Crippen LogP contribution in [0.4, 0.5) is 4.39 Å². The highest BCUT2D eigenvalue weighted by Crippen LogP contribution is 2.12. The fourth-order valence-electron chi connectivity index (χ4n) is 1.35. The van der Waals surface area contributed by atoms with E-state index in [9.17, 15) is 13.4 Å². The van der Waals surface area contributed by atoms with Gasteiger partial charge in [-0.05, 0) is 19.1 Å². The van der Waals surface area contributed by atoms with Crippen molar-refractivity contribution in [1.82, 2.24) is 5.32 Å².